The molecule has 0 nitrogen and oxygen atoms in total. The molecule has 0 rings (SSSR count). The van der Waals surface area contributed by atoms with Crippen LogP contribution in [0.15, 0.2) is 61.3 Å². The minimum Gasteiger partial charge on any atom is -0.103 e. The molecule has 0 aliphatic carbocycles. The van der Waals surface area contributed by atoms with E-state index in [1.54, 1.807) is 6.08 Å². The van der Waals surface area contributed by atoms with Crippen molar-refractivity contribution in [1.82, 2.24) is 0 Å². The van der Waals surface area contributed by atoms with E-state index in [2.05, 4.69) is 51.3 Å². The van der Waals surface area contributed by atoms with E-state index in [4.69, 9.17) is 0 Å². The Morgan fingerprint density at radius 3 is 1.37 bits per heavy atom. The molecule has 0 aliphatic rings. The van der Waals surface area contributed by atoms with E-state index in [1.165, 1.54) is 5.57 Å². The summed E-state index contributed by atoms with van der Waals surface area (Å²) in [4.78, 5) is 0. The van der Waals surface area contributed by atoms with E-state index >= 15 is 0 Å². The van der Waals surface area contributed by atoms with Crippen molar-refractivity contribution < 1.29 is 0 Å². The Bertz CT molecular complexity index is 210. The average molecular weight is 264 g/mol. The highest BCUT2D eigenvalue weighted by atomic mass is 13.9. The summed E-state index contributed by atoms with van der Waals surface area (Å²) >= 11 is 0. The van der Waals surface area contributed by atoms with Gasteiger partial charge in [-0.3, -0.25) is 0 Å². The first-order valence-corrected chi connectivity index (χ1v) is 7.49. The van der Waals surface area contributed by atoms with Crippen LogP contribution in [0.4, 0.5) is 0 Å². The van der Waals surface area contributed by atoms with Crippen molar-refractivity contribution in [2.45, 2.75) is 61.3 Å². The van der Waals surface area contributed by atoms with E-state index in [1.807, 2.05) is 46.8 Å². The topological polar surface area (TPSA) is 0 Å². The molecule has 0 unspecified atom stereocenters. The highest BCUT2D eigenvalue weighted by Crippen LogP contribution is 2.01. The lowest BCUT2D eigenvalue weighted by Crippen LogP contribution is -1.69. The summed E-state index contributed by atoms with van der Waals surface area (Å²) in [5.74, 6) is 0. The van der Waals surface area contributed by atoms with E-state index in [0.717, 1.165) is 12.8 Å². The number of rotatable bonds is 5. The molecule has 0 bridgehead atoms. The summed E-state index contributed by atoms with van der Waals surface area (Å²) in [6, 6.07) is 0. The molecule has 0 amide bonds. The van der Waals surface area contributed by atoms with Crippen molar-refractivity contribution in [3.8, 4) is 0 Å². The summed E-state index contributed by atoms with van der Waals surface area (Å²) in [7, 11) is 0. The lowest BCUT2D eigenvalue weighted by Gasteiger charge is -1.90. The van der Waals surface area contributed by atoms with Gasteiger partial charge in [-0.15, -0.1) is 6.58 Å². The molecule has 0 atom stereocenters. The molecule has 19 heavy (non-hydrogen) atoms. The van der Waals surface area contributed by atoms with Crippen LogP contribution in [0.3, 0.4) is 0 Å². The lowest BCUT2D eigenvalue weighted by atomic mass is 10.2. The van der Waals surface area contributed by atoms with Crippen LogP contribution in [-0.4, -0.2) is 0 Å². The fraction of sp³-hybridized carbons (Fsp3) is 0.474. The Kier molecular flexibility index (Phi) is 49.8. The molecule has 0 N–H and O–H groups in total. The van der Waals surface area contributed by atoms with Crippen molar-refractivity contribution >= 4 is 0 Å². The van der Waals surface area contributed by atoms with Gasteiger partial charge in [0.15, 0.2) is 0 Å². The van der Waals surface area contributed by atoms with Crippen molar-refractivity contribution in [1.29, 1.82) is 0 Å². The maximum absolute atomic E-state index is 3.67. The molecule has 0 aromatic carbocycles. The fourth-order valence-electron chi connectivity index (χ4n) is 0.811. The molecule has 0 heteroatoms. The largest absolute Gasteiger partial charge is 0.103 e. The second-order valence-electron chi connectivity index (χ2n) is 2.93. The number of allylic oxidation sites excluding steroid dienone is 8. The molecule has 0 radical (unpaired) electrons. The third-order valence-corrected chi connectivity index (χ3v) is 1.40. The summed E-state index contributed by atoms with van der Waals surface area (Å²) in [6.45, 7) is 21.2. The minimum absolute atomic E-state index is 1.08. The first kappa shape index (κ1) is 26.3. The van der Waals surface area contributed by atoms with Gasteiger partial charge in [0.1, 0.15) is 0 Å². The van der Waals surface area contributed by atoms with Gasteiger partial charge in [-0.1, -0.05) is 90.7 Å². The van der Waals surface area contributed by atoms with E-state index in [0.29, 0.717) is 0 Å². The quantitative estimate of drug-likeness (QED) is 0.361. The monoisotopic (exact) mass is 264 g/mol. The molecule has 0 spiro atoms. The van der Waals surface area contributed by atoms with Crippen LogP contribution >= 0.6 is 0 Å². The molecule has 0 fully saturated rings. The first-order chi connectivity index (χ1) is 9.26. The predicted molar refractivity (Wildman–Crippen MR) is 95.7 cm³/mol. The van der Waals surface area contributed by atoms with Gasteiger partial charge in [-0.05, 0) is 25.3 Å². The summed E-state index contributed by atoms with van der Waals surface area (Å²) in [5, 5.41) is 0. The molecule has 0 aliphatic heterocycles. The van der Waals surface area contributed by atoms with Crippen LogP contribution < -0.4 is 0 Å². The maximum atomic E-state index is 3.67. The van der Waals surface area contributed by atoms with Crippen LogP contribution in [0.25, 0.3) is 0 Å². The van der Waals surface area contributed by atoms with Gasteiger partial charge in [0.05, 0.1) is 0 Å². The van der Waals surface area contributed by atoms with Crippen LogP contribution in [-0.2, 0) is 0 Å². The van der Waals surface area contributed by atoms with Gasteiger partial charge in [0.25, 0.3) is 0 Å². The summed E-state index contributed by atoms with van der Waals surface area (Å²) in [5.41, 5.74) is 1.22. The van der Waals surface area contributed by atoms with E-state index in [-0.39, 0.29) is 0 Å². The highest BCUT2D eigenvalue weighted by molar-refractivity contribution is 5.33. The van der Waals surface area contributed by atoms with Gasteiger partial charge < -0.3 is 0 Å². The summed E-state index contributed by atoms with van der Waals surface area (Å²) < 4.78 is 0. The molecule has 0 aromatic rings. The Morgan fingerprint density at radius 1 is 0.842 bits per heavy atom. The number of hydrogen-bond acceptors (Lipinski definition) is 0. The highest BCUT2D eigenvalue weighted by Gasteiger charge is 1.81. The lowest BCUT2D eigenvalue weighted by molar-refractivity contribution is 1.21. The number of hydrogen-bond donors (Lipinski definition) is 0. The second-order valence-corrected chi connectivity index (χ2v) is 2.93. The van der Waals surface area contributed by atoms with Crippen LogP contribution in [0.2, 0.25) is 0 Å². The van der Waals surface area contributed by atoms with Crippen molar-refractivity contribution in [2.75, 3.05) is 0 Å². The van der Waals surface area contributed by atoms with Crippen molar-refractivity contribution in [3.05, 3.63) is 61.3 Å². The SMILES string of the molecule is C=CC.C=CC=C(/C=C\CC)/C=C/CC.CC.CC. The smallest absolute Gasteiger partial charge is 0.0263 e. The Hall–Kier alpha value is -1.30. The van der Waals surface area contributed by atoms with Crippen LogP contribution in [0.1, 0.15) is 61.3 Å². The zero-order valence-corrected chi connectivity index (χ0v) is 14.4. The standard InChI is InChI=1S/C12H18.C3H6.2C2H6/c1-4-7-10-12(9-6-3)11-8-5-2;1-3-2;2*1-2/h6-11H,3-5H2,1-2H3;3H,1H2,2H3;2*1-2H3/b10-7-,11-8+,12-9?;;;. The van der Waals surface area contributed by atoms with Gasteiger partial charge in [0.2, 0.25) is 0 Å². The van der Waals surface area contributed by atoms with E-state index < -0.39 is 0 Å². The van der Waals surface area contributed by atoms with Gasteiger partial charge in [-0.2, -0.15) is 0 Å². The molecule has 0 heterocycles. The third kappa shape index (κ3) is 38.4. The summed E-state index contributed by atoms with van der Waals surface area (Å²) in [6.07, 6.45) is 16.3. The van der Waals surface area contributed by atoms with Crippen molar-refractivity contribution in [2.24, 2.45) is 0 Å². The van der Waals surface area contributed by atoms with E-state index in [9.17, 15) is 0 Å². The average Bonchev–Trinajstić information content (AvgIpc) is 2.47. The van der Waals surface area contributed by atoms with Crippen LogP contribution in [0.5, 0.6) is 0 Å². The molecule has 0 saturated carbocycles. The second kappa shape index (κ2) is 36.0. The molecule has 0 saturated heterocycles. The molecule has 112 valence electrons. The normalized spacial score (nSPS) is 9.53. The minimum atomic E-state index is 1.08. The van der Waals surface area contributed by atoms with Crippen LogP contribution in [0, 0.1) is 0 Å². The predicted octanol–water partition coefficient (Wildman–Crippen LogP) is 7.28. The third-order valence-electron chi connectivity index (χ3n) is 1.40. The zero-order chi connectivity index (χ0) is 15.9. The van der Waals surface area contributed by atoms with Gasteiger partial charge >= 0.3 is 0 Å². The molecule has 0 aromatic heterocycles. The fourth-order valence-corrected chi connectivity index (χ4v) is 0.811. The maximum Gasteiger partial charge on any atom is -0.0263 e. The first-order valence-electron chi connectivity index (χ1n) is 7.49. The zero-order valence-electron chi connectivity index (χ0n) is 14.4. The van der Waals surface area contributed by atoms with Crippen molar-refractivity contribution in [3.63, 3.8) is 0 Å². The molecular formula is C19H36. The molecular weight excluding hydrogens is 228 g/mol. The van der Waals surface area contributed by atoms with Gasteiger partial charge in [0, 0.05) is 0 Å². The Morgan fingerprint density at radius 2 is 1.16 bits per heavy atom. The van der Waals surface area contributed by atoms with Gasteiger partial charge in [-0.25, -0.2) is 0 Å². The Labute approximate surface area is 123 Å². The Balaban J connectivity index is -0.000000136.